The molecule has 0 bridgehead atoms. The van der Waals surface area contributed by atoms with Crippen LogP contribution in [-0.2, 0) is 22.5 Å². The smallest absolute Gasteiger partial charge is 0.311 e. The van der Waals surface area contributed by atoms with Gasteiger partial charge in [0.1, 0.15) is 11.5 Å². The molecule has 0 spiro atoms. The zero-order chi connectivity index (χ0) is 20.1. The lowest BCUT2D eigenvalue weighted by Gasteiger charge is -2.03. The number of rotatable bonds is 7. The predicted molar refractivity (Wildman–Crippen MR) is 103 cm³/mol. The third-order valence-electron chi connectivity index (χ3n) is 4.26. The fraction of sp³-hybridized carbons (Fsp3) is 0.250. The number of hydrogen-bond acceptors (Lipinski definition) is 6. The second-order valence-electron chi connectivity index (χ2n) is 6.04. The summed E-state index contributed by atoms with van der Waals surface area (Å²) in [5.41, 5.74) is 1.59. The average Bonchev–Trinajstić information content (AvgIpc) is 3.34. The number of ether oxygens (including phenoxy) is 2. The standard InChI is InChI=1S/C20H21N3O5/c1-13(21-12-16-5-4-10-28-16)19-17(11-18(24)27-3)22-23(20(19)25)14-6-8-15(26-2)9-7-14/h4-10,22H,11-12H2,1-3H3. The van der Waals surface area contributed by atoms with E-state index in [1.165, 1.54) is 11.8 Å². The molecule has 0 radical (unpaired) electrons. The van der Waals surface area contributed by atoms with E-state index in [0.717, 1.165) is 0 Å². The zero-order valence-corrected chi connectivity index (χ0v) is 15.9. The lowest BCUT2D eigenvalue weighted by atomic mass is 10.1. The molecular weight excluding hydrogens is 362 g/mol. The number of carbonyl (C=O) groups excluding carboxylic acids is 1. The summed E-state index contributed by atoms with van der Waals surface area (Å²) in [5.74, 6) is 0.901. The third kappa shape index (κ3) is 4.06. The first kappa shape index (κ1) is 19.2. The average molecular weight is 383 g/mol. The minimum Gasteiger partial charge on any atom is -0.497 e. The first-order chi connectivity index (χ1) is 13.5. The van der Waals surface area contributed by atoms with Crippen LogP contribution in [0.1, 0.15) is 23.9 Å². The molecule has 0 amide bonds. The Labute approximate surface area is 161 Å². The fourth-order valence-electron chi connectivity index (χ4n) is 2.79. The van der Waals surface area contributed by atoms with Gasteiger partial charge in [0.15, 0.2) is 0 Å². The number of carbonyl (C=O) groups is 1. The summed E-state index contributed by atoms with van der Waals surface area (Å²) >= 11 is 0. The van der Waals surface area contributed by atoms with Gasteiger partial charge in [-0.25, -0.2) is 4.68 Å². The second kappa shape index (κ2) is 8.43. The number of hydrogen-bond donors (Lipinski definition) is 1. The molecule has 1 N–H and O–H groups in total. The van der Waals surface area contributed by atoms with Crippen molar-refractivity contribution in [3.05, 3.63) is 70.0 Å². The molecule has 8 nitrogen and oxygen atoms in total. The summed E-state index contributed by atoms with van der Waals surface area (Å²) in [7, 11) is 2.87. The molecule has 3 rings (SSSR count). The largest absolute Gasteiger partial charge is 0.497 e. The molecule has 8 heteroatoms. The number of aromatic nitrogens is 2. The zero-order valence-electron chi connectivity index (χ0n) is 15.9. The molecule has 0 atom stereocenters. The highest BCUT2D eigenvalue weighted by Crippen LogP contribution is 2.15. The Bertz CT molecular complexity index is 1030. The number of methoxy groups -OCH3 is 2. The van der Waals surface area contributed by atoms with Gasteiger partial charge in [-0.15, -0.1) is 0 Å². The Hall–Kier alpha value is -3.55. The molecule has 2 heterocycles. The van der Waals surface area contributed by atoms with Gasteiger partial charge in [-0.1, -0.05) is 0 Å². The molecular formula is C20H21N3O5. The number of esters is 1. The van der Waals surface area contributed by atoms with Gasteiger partial charge < -0.3 is 13.9 Å². The Balaban J connectivity index is 2.02. The summed E-state index contributed by atoms with van der Waals surface area (Å²) in [4.78, 5) is 29.3. The monoisotopic (exact) mass is 383 g/mol. The van der Waals surface area contributed by atoms with Crippen LogP contribution in [0.25, 0.3) is 5.69 Å². The van der Waals surface area contributed by atoms with Crippen LogP contribution in [0.2, 0.25) is 0 Å². The fourth-order valence-corrected chi connectivity index (χ4v) is 2.79. The molecule has 0 fully saturated rings. The van der Waals surface area contributed by atoms with Crippen molar-refractivity contribution in [2.45, 2.75) is 19.9 Å². The van der Waals surface area contributed by atoms with E-state index in [9.17, 15) is 9.59 Å². The molecule has 28 heavy (non-hydrogen) atoms. The number of aromatic amines is 1. The maximum absolute atomic E-state index is 13.1. The molecule has 0 saturated heterocycles. The van der Waals surface area contributed by atoms with E-state index >= 15 is 0 Å². The summed E-state index contributed by atoms with van der Waals surface area (Å²) in [6.45, 7) is 2.02. The summed E-state index contributed by atoms with van der Waals surface area (Å²) in [6, 6.07) is 10.6. The maximum atomic E-state index is 13.1. The van der Waals surface area contributed by atoms with Gasteiger partial charge in [0.25, 0.3) is 5.56 Å². The lowest BCUT2D eigenvalue weighted by molar-refractivity contribution is -0.139. The van der Waals surface area contributed by atoms with Crippen molar-refractivity contribution in [1.82, 2.24) is 9.78 Å². The number of aliphatic imine (C=N–C) groups is 1. The summed E-state index contributed by atoms with van der Waals surface area (Å²) < 4.78 is 16.5. The topological polar surface area (TPSA) is 98.8 Å². The van der Waals surface area contributed by atoms with Crippen LogP contribution in [0.5, 0.6) is 5.75 Å². The highest BCUT2D eigenvalue weighted by Gasteiger charge is 2.20. The van der Waals surface area contributed by atoms with Crippen LogP contribution < -0.4 is 10.3 Å². The van der Waals surface area contributed by atoms with Crippen LogP contribution in [-0.4, -0.2) is 35.7 Å². The minimum absolute atomic E-state index is 0.0716. The number of nitrogens with one attached hydrogen (secondary N) is 1. The number of nitrogens with zero attached hydrogens (tertiary/aromatic N) is 2. The molecule has 0 unspecified atom stereocenters. The van der Waals surface area contributed by atoms with Crippen molar-refractivity contribution in [1.29, 1.82) is 0 Å². The molecule has 0 aliphatic heterocycles. The van der Waals surface area contributed by atoms with Gasteiger partial charge in [0.2, 0.25) is 0 Å². The lowest BCUT2D eigenvalue weighted by Crippen LogP contribution is -2.20. The Morgan fingerprint density at radius 2 is 1.96 bits per heavy atom. The Morgan fingerprint density at radius 3 is 2.57 bits per heavy atom. The molecule has 0 aliphatic carbocycles. The molecule has 146 valence electrons. The van der Waals surface area contributed by atoms with E-state index in [2.05, 4.69) is 10.1 Å². The van der Waals surface area contributed by atoms with Crippen molar-refractivity contribution in [2.24, 2.45) is 4.99 Å². The predicted octanol–water partition coefficient (Wildman–Crippen LogP) is 2.49. The van der Waals surface area contributed by atoms with Gasteiger partial charge in [0.05, 0.1) is 50.4 Å². The Morgan fingerprint density at radius 1 is 1.21 bits per heavy atom. The van der Waals surface area contributed by atoms with E-state index in [0.29, 0.717) is 40.7 Å². The highest BCUT2D eigenvalue weighted by atomic mass is 16.5. The van der Waals surface area contributed by atoms with Crippen LogP contribution in [0.4, 0.5) is 0 Å². The third-order valence-corrected chi connectivity index (χ3v) is 4.26. The van der Waals surface area contributed by atoms with E-state index in [4.69, 9.17) is 13.9 Å². The first-order valence-electron chi connectivity index (χ1n) is 8.62. The SMILES string of the molecule is COC(=O)Cc1[nH]n(-c2ccc(OC)cc2)c(=O)c1C(C)=NCc1ccco1. The molecule has 0 aliphatic rings. The van der Waals surface area contributed by atoms with Crippen molar-refractivity contribution < 1.29 is 18.7 Å². The van der Waals surface area contributed by atoms with E-state index < -0.39 is 5.97 Å². The molecule has 0 saturated carbocycles. The number of H-pyrrole nitrogens is 1. The summed E-state index contributed by atoms with van der Waals surface area (Å²) in [5, 5.41) is 3.00. The van der Waals surface area contributed by atoms with Gasteiger partial charge in [-0.2, -0.15) is 0 Å². The number of benzene rings is 1. The maximum Gasteiger partial charge on any atom is 0.311 e. The van der Waals surface area contributed by atoms with Gasteiger partial charge >= 0.3 is 5.97 Å². The highest BCUT2D eigenvalue weighted by molar-refractivity contribution is 6.00. The molecule has 1 aromatic carbocycles. The number of furan rings is 1. The summed E-state index contributed by atoms with van der Waals surface area (Å²) in [6.07, 6.45) is 1.49. The van der Waals surface area contributed by atoms with E-state index in [1.54, 1.807) is 56.7 Å². The van der Waals surface area contributed by atoms with E-state index in [1.807, 2.05) is 0 Å². The molecule has 2 aromatic heterocycles. The van der Waals surface area contributed by atoms with Crippen LogP contribution in [0, 0.1) is 0 Å². The van der Waals surface area contributed by atoms with Gasteiger partial charge in [0, 0.05) is 5.71 Å². The van der Waals surface area contributed by atoms with Crippen LogP contribution in [0.3, 0.4) is 0 Å². The second-order valence-corrected chi connectivity index (χ2v) is 6.04. The molecule has 3 aromatic rings. The van der Waals surface area contributed by atoms with E-state index in [-0.39, 0.29) is 12.0 Å². The van der Waals surface area contributed by atoms with Crippen molar-refractivity contribution in [3.63, 3.8) is 0 Å². The van der Waals surface area contributed by atoms with Crippen LogP contribution >= 0.6 is 0 Å². The van der Waals surface area contributed by atoms with Crippen molar-refractivity contribution in [3.8, 4) is 11.4 Å². The van der Waals surface area contributed by atoms with Gasteiger partial charge in [-0.05, 0) is 43.3 Å². The van der Waals surface area contributed by atoms with Crippen molar-refractivity contribution in [2.75, 3.05) is 14.2 Å². The normalized spacial score (nSPS) is 11.5. The Kier molecular flexibility index (Phi) is 5.78. The van der Waals surface area contributed by atoms with Gasteiger partial charge in [-0.3, -0.25) is 19.7 Å². The quantitative estimate of drug-likeness (QED) is 0.499. The van der Waals surface area contributed by atoms with Crippen molar-refractivity contribution >= 4 is 11.7 Å². The van der Waals surface area contributed by atoms with Crippen LogP contribution in [0.15, 0.2) is 56.9 Å². The minimum atomic E-state index is -0.455. The first-order valence-corrected chi connectivity index (χ1v) is 8.62.